The van der Waals surface area contributed by atoms with Crippen LogP contribution >= 0.6 is 11.6 Å². The maximum atomic E-state index is 12.6. The van der Waals surface area contributed by atoms with Gasteiger partial charge < -0.3 is 10.6 Å². The SMILES string of the molecule is CCC(=O)Nc1ccc(C)c(NC(=O)c2nc(C)n(-c3ccc(Cl)cc3)n2)c1. The van der Waals surface area contributed by atoms with E-state index in [-0.39, 0.29) is 11.7 Å². The second-order valence-corrected chi connectivity index (χ2v) is 6.69. The van der Waals surface area contributed by atoms with Crippen LogP contribution in [0.15, 0.2) is 42.5 Å². The van der Waals surface area contributed by atoms with Crippen LogP contribution in [0, 0.1) is 13.8 Å². The van der Waals surface area contributed by atoms with Gasteiger partial charge in [0.25, 0.3) is 5.91 Å². The molecule has 2 amide bonds. The number of rotatable bonds is 5. The Bertz CT molecular complexity index is 1030. The predicted octanol–water partition coefficient (Wildman–Crippen LogP) is 4.14. The Morgan fingerprint density at radius 1 is 1.07 bits per heavy atom. The molecule has 0 spiro atoms. The Kier molecular flexibility index (Phi) is 5.75. The Morgan fingerprint density at radius 3 is 2.46 bits per heavy atom. The molecule has 0 radical (unpaired) electrons. The number of amides is 2. The second kappa shape index (κ2) is 8.22. The van der Waals surface area contributed by atoms with Gasteiger partial charge in [-0.25, -0.2) is 9.67 Å². The first-order chi connectivity index (χ1) is 13.4. The van der Waals surface area contributed by atoms with Crippen LogP contribution in [0.2, 0.25) is 5.02 Å². The zero-order valence-electron chi connectivity index (χ0n) is 15.8. The van der Waals surface area contributed by atoms with E-state index in [0.717, 1.165) is 11.3 Å². The summed E-state index contributed by atoms with van der Waals surface area (Å²) in [4.78, 5) is 28.5. The number of hydrogen-bond acceptors (Lipinski definition) is 4. The monoisotopic (exact) mass is 397 g/mol. The summed E-state index contributed by atoms with van der Waals surface area (Å²) in [5.74, 6) is 0.0982. The standard InChI is InChI=1S/C20H20ClN5O2/c1-4-18(27)23-15-8-5-12(2)17(11-15)24-20(28)19-22-13(3)26(25-19)16-9-6-14(21)7-10-16/h5-11H,4H2,1-3H3,(H,23,27)(H,24,28). The summed E-state index contributed by atoms with van der Waals surface area (Å²) in [6.07, 6.45) is 0.376. The molecule has 144 valence electrons. The summed E-state index contributed by atoms with van der Waals surface area (Å²) in [6, 6.07) is 12.4. The van der Waals surface area contributed by atoms with Crippen LogP contribution in [0.25, 0.3) is 5.69 Å². The van der Waals surface area contributed by atoms with Crippen LogP contribution in [-0.2, 0) is 4.79 Å². The minimum absolute atomic E-state index is 0.0508. The van der Waals surface area contributed by atoms with E-state index in [9.17, 15) is 9.59 Å². The molecular formula is C20H20ClN5O2. The molecule has 3 aromatic rings. The maximum Gasteiger partial charge on any atom is 0.295 e. The smallest absolute Gasteiger partial charge is 0.295 e. The van der Waals surface area contributed by atoms with Gasteiger partial charge in [-0.2, -0.15) is 0 Å². The molecule has 0 atom stereocenters. The molecule has 0 aliphatic rings. The van der Waals surface area contributed by atoms with E-state index in [2.05, 4.69) is 20.7 Å². The summed E-state index contributed by atoms with van der Waals surface area (Å²) in [5.41, 5.74) is 2.81. The quantitative estimate of drug-likeness (QED) is 0.677. The fraction of sp³-hybridized carbons (Fsp3) is 0.200. The molecule has 0 saturated heterocycles. The highest BCUT2D eigenvalue weighted by atomic mass is 35.5. The molecule has 3 rings (SSSR count). The minimum atomic E-state index is -0.433. The van der Waals surface area contributed by atoms with Crippen molar-refractivity contribution in [1.82, 2.24) is 14.8 Å². The van der Waals surface area contributed by atoms with Crippen LogP contribution in [0.1, 0.15) is 35.4 Å². The number of aromatic nitrogens is 3. The fourth-order valence-corrected chi connectivity index (χ4v) is 2.70. The second-order valence-electron chi connectivity index (χ2n) is 6.26. The van der Waals surface area contributed by atoms with Crippen molar-refractivity contribution in [2.75, 3.05) is 10.6 Å². The Hall–Kier alpha value is -3.19. The topological polar surface area (TPSA) is 88.9 Å². The van der Waals surface area contributed by atoms with Crippen molar-refractivity contribution in [3.63, 3.8) is 0 Å². The first-order valence-electron chi connectivity index (χ1n) is 8.79. The van der Waals surface area contributed by atoms with Crippen LogP contribution < -0.4 is 10.6 Å². The third-order valence-electron chi connectivity index (χ3n) is 4.13. The van der Waals surface area contributed by atoms with Crippen molar-refractivity contribution in [3.05, 3.63) is 64.7 Å². The summed E-state index contributed by atoms with van der Waals surface area (Å²) >= 11 is 5.92. The van der Waals surface area contributed by atoms with Crippen molar-refractivity contribution in [1.29, 1.82) is 0 Å². The molecule has 0 aliphatic heterocycles. The molecule has 2 N–H and O–H groups in total. The van der Waals surface area contributed by atoms with Crippen LogP contribution in [0.3, 0.4) is 0 Å². The van der Waals surface area contributed by atoms with E-state index >= 15 is 0 Å². The fourth-order valence-electron chi connectivity index (χ4n) is 2.58. The highest BCUT2D eigenvalue weighted by molar-refractivity contribution is 6.30. The summed E-state index contributed by atoms with van der Waals surface area (Å²) in [7, 11) is 0. The number of nitrogens with one attached hydrogen (secondary N) is 2. The lowest BCUT2D eigenvalue weighted by molar-refractivity contribution is -0.115. The molecule has 7 nitrogen and oxygen atoms in total. The summed E-state index contributed by atoms with van der Waals surface area (Å²) < 4.78 is 1.58. The zero-order valence-corrected chi connectivity index (χ0v) is 16.5. The van der Waals surface area contributed by atoms with E-state index in [4.69, 9.17) is 11.6 Å². The maximum absolute atomic E-state index is 12.6. The van der Waals surface area contributed by atoms with Gasteiger partial charge in [-0.05, 0) is 55.8 Å². The van der Waals surface area contributed by atoms with Gasteiger partial charge in [0.2, 0.25) is 11.7 Å². The van der Waals surface area contributed by atoms with Crippen molar-refractivity contribution >= 4 is 34.8 Å². The predicted molar refractivity (Wildman–Crippen MR) is 109 cm³/mol. The molecule has 2 aromatic carbocycles. The van der Waals surface area contributed by atoms with Crippen molar-refractivity contribution in [3.8, 4) is 5.69 Å². The molecular weight excluding hydrogens is 378 g/mol. The largest absolute Gasteiger partial charge is 0.326 e. The van der Waals surface area contributed by atoms with E-state index in [0.29, 0.717) is 28.6 Å². The van der Waals surface area contributed by atoms with E-state index in [1.54, 1.807) is 54.9 Å². The molecule has 1 aromatic heterocycles. The minimum Gasteiger partial charge on any atom is -0.326 e. The van der Waals surface area contributed by atoms with Crippen LogP contribution in [0.4, 0.5) is 11.4 Å². The Morgan fingerprint density at radius 2 is 1.79 bits per heavy atom. The van der Waals surface area contributed by atoms with Gasteiger partial charge >= 0.3 is 0 Å². The highest BCUT2D eigenvalue weighted by Gasteiger charge is 2.16. The van der Waals surface area contributed by atoms with Gasteiger partial charge in [-0.1, -0.05) is 24.6 Å². The number of hydrogen-bond donors (Lipinski definition) is 2. The van der Waals surface area contributed by atoms with E-state index < -0.39 is 5.91 Å². The molecule has 0 unspecified atom stereocenters. The lowest BCUT2D eigenvalue weighted by Gasteiger charge is -2.10. The molecule has 0 bridgehead atoms. The normalized spacial score (nSPS) is 10.6. The number of carbonyl (C=O) groups is 2. The Labute approximate surface area is 167 Å². The zero-order chi connectivity index (χ0) is 20.3. The van der Waals surface area contributed by atoms with Crippen molar-refractivity contribution < 1.29 is 9.59 Å². The Balaban J connectivity index is 1.82. The van der Waals surface area contributed by atoms with Crippen molar-refractivity contribution in [2.24, 2.45) is 0 Å². The lowest BCUT2D eigenvalue weighted by Crippen LogP contribution is -2.16. The average molecular weight is 398 g/mol. The van der Waals surface area contributed by atoms with Gasteiger partial charge in [0.1, 0.15) is 5.82 Å². The van der Waals surface area contributed by atoms with Crippen LogP contribution in [-0.4, -0.2) is 26.6 Å². The molecule has 0 fully saturated rings. The molecule has 1 heterocycles. The van der Waals surface area contributed by atoms with Gasteiger partial charge in [0.05, 0.1) is 5.69 Å². The summed E-state index contributed by atoms with van der Waals surface area (Å²) in [5, 5.41) is 10.5. The number of anilines is 2. The van der Waals surface area contributed by atoms with Gasteiger partial charge in [-0.3, -0.25) is 9.59 Å². The molecule has 28 heavy (non-hydrogen) atoms. The lowest BCUT2D eigenvalue weighted by atomic mass is 10.1. The highest BCUT2D eigenvalue weighted by Crippen LogP contribution is 2.21. The first-order valence-corrected chi connectivity index (χ1v) is 9.16. The molecule has 0 saturated carbocycles. The van der Waals surface area contributed by atoms with Gasteiger partial charge in [-0.15, -0.1) is 5.10 Å². The molecule has 0 aliphatic carbocycles. The number of aryl methyl sites for hydroxylation is 2. The first kappa shape index (κ1) is 19.6. The van der Waals surface area contributed by atoms with E-state index in [1.807, 2.05) is 13.0 Å². The number of benzene rings is 2. The van der Waals surface area contributed by atoms with Gasteiger partial charge in [0, 0.05) is 22.8 Å². The number of halogens is 1. The van der Waals surface area contributed by atoms with E-state index in [1.165, 1.54) is 0 Å². The average Bonchev–Trinajstić information content (AvgIpc) is 3.07. The summed E-state index contributed by atoms with van der Waals surface area (Å²) in [6.45, 7) is 5.41. The number of nitrogens with zero attached hydrogens (tertiary/aromatic N) is 3. The third kappa shape index (κ3) is 4.37. The number of carbonyl (C=O) groups excluding carboxylic acids is 2. The third-order valence-corrected chi connectivity index (χ3v) is 4.39. The van der Waals surface area contributed by atoms with Crippen molar-refractivity contribution in [2.45, 2.75) is 27.2 Å². The molecule has 8 heteroatoms. The van der Waals surface area contributed by atoms with Crippen LogP contribution in [0.5, 0.6) is 0 Å². The van der Waals surface area contributed by atoms with Gasteiger partial charge in [0.15, 0.2) is 0 Å².